The molecule has 2 aliphatic heterocycles. The molecule has 2 nitrogen and oxygen atoms in total. The van der Waals surface area contributed by atoms with Crippen molar-refractivity contribution in [1.29, 1.82) is 0 Å². The molecule has 2 aliphatic rings. The van der Waals surface area contributed by atoms with E-state index in [1.54, 1.807) is 0 Å². The summed E-state index contributed by atoms with van der Waals surface area (Å²) in [5, 5.41) is 3.41. The zero-order chi connectivity index (χ0) is 6.97. The van der Waals surface area contributed by atoms with Crippen LogP contribution in [0.15, 0.2) is 12.8 Å². The Morgan fingerprint density at radius 3 is 2.40 bits per heavy atom. The van der Waals surface area contributed by atoms with Gasteiger partial charge in [-0.3, -0.25) is 0 Å². The maximum Gasteiger partial charge on any atom is 0.0216 e. The van der Waals surface area contributed by atoms with Crippen LogP contribution in [0, 0.1) is 11.8 Å². The predicted molar refractivity (Wildman–Crippen MR) is 41.6 cm³/mol. The van der Waals surface area contributed by atoms with E-state index in [9.17, 15) is 0 Å². The van der Waals surface area contributed by atoms with E-state index in [1.807, 2.05) is 6.20 Å². The first-order valence-electron chi connectivity index (χ1n) is 3.97. The van der Waals surface area contributed by atoms with Crippen molar-refractivity contribution in [2.24, 2.45) is 11.8 Å². The standard InChI is InChI=1S/C8H14N2/c1-2-10-5-7-3-9-4-8(7)6-10/h2,7-9H,1,3-6H2. The molecule has 2 unspecified atom stereocenters. The van der Waals surface area contributed by atoms with Crippen LogP contribution >= 0.6 is 0 Å². The Hall–Kier alpha value is -0.500. The second-order valence-electron chi connectivity index (χ2n) is 3.31. The van der Waals surface area contributed by atoms with Crippen LogP contribution in [-0.2, 0) is 0 Å². The fourth-order valence-corrected chi connectivity index (χ4v) is 2.04. The fourth-order valence-electron chi connectivity index (χ4n) is 2.04. The summed E-state index contributed by atoms with van der Waals surface area (Å²) in [4.78, 5) is 2.33. The topological polar surface area (TPSA) is 15.3 Å². The SMILES string of the molecule is C=CN1CC2CNCC2C1. The average molecular weight is 138 g/mol. The number of nitrogens with one attached hydrogen (secondary N) is 1. The molecule has 0 saturated carbocycles. The van der Waals surface area contributed by atoms with E-state index < -0.39 is 0 Å². The van der Waals surface area contributed by atoms with E-state index >= 15 is 0 Å². The van der Waals surface area contributed by atoms with Crippen molar-refractivity contribution in [3.63, 3.8) is 0 Å². The van der Waals surface area contributed by atoms with Crippen LogP contribution in [-0.4, -0.2) is 31.1 Å². The minimum atomic E-state index is 0.901. The van der Waals surface area contributed by atoms with Gasteiger partial charge in [0.1, 0.15) is 0 Å². The molecule has 0 spiro atoms. The van der Waals surface area contributed by atoms with Crippen molar-refractivity contribution in [3.8, 4) is 0 Å². The zero-order valence-corrected chi connectivity index (χ0v) is 6.21. The first-order valence-corrected chi connectivity index (χ1v) is 3.97. The molecule has 10 heavy (non-hydrogen) atoms. The summed E-state index contributed by atoms with van der Waals surface area (Å²) in [7, 11) is 0. The molecule has 2 heterocycles. The van der Waals surface area contributed by atoms with E-state index in [-0.39, 0.29) is 0 Å². The molecular weight excluding hydrogens is 124 g/mol. The molecule has 2 rings (SSSR count). The maximum absolute atomic E-state index is 3.78. The Balaban J connectivity index is 1.99. The molecule has 0 aromatic carbocycles. The molecule has 0 radical (unpaired) electrons. The van der Waals surface area contributed by atoms with Gasteiger partial charge in [0.2, 0.25) is 0 Å². The van der Waals surface area contributed by atoms with Gasteiger partial charge in [-0.2, -0.15) is 0 Å². The molecule has 0 aromatic heterocycles. The molecular formula is C8H14N2. The first-order chi connectivity index (χ1) is 4.90. The van der Waals surface area contributed by atoms with Gasteiger partial charge in [-0.15, -0.1) is 0 Å². The molecule has 2 heteroatoms. The molecule has 0 aliphatic carbocycles. The molecule has 2 atom stereocenters. The van der Waals surface area contributed by atoms with E-state index in [0.717, 1.165) is 11.8 Å². The summed E-state index contributed by atoms with van der Waals surface area (Å²) in [6, 6.07) is 0. The number of rotatable bonds is 1. The van der Waals surface area contributed by atoms with E-state index in [2.05, 4.69) is 16.8 Å². The third kappa shape index (κ3) is 0.833. The van der Waals surface area contributed by atoms with Gasteiger partial charge < -0.3 is 10.2 Å². The summed E-state index contributed by atoms with van der Waals surface area (Å²) < 4.78 is 0. The summed E-state index contributed by atoms with van der Waals surface area (Å²) >= 11 is 0. The Morgan fingerprint density at radius 2 is 1.90 bits per heavy atom. The highest BCUT2D eigenvalue weighted by Crippen LogP contribution is 2.25. The molecule has 2 fully saturated rings. The number of nitrogens with zero attached hydrogens (tertiary/aromatic N) is 1. The molecule has 0 aromatic rings. The highest BCUT2D eigenvalue weighted by Gasteiger charge is 2.34. The van der Waals surface area contributed by atoms with Crippen LogP contribution in [0.4, 0.5) is 0 Å². The molecule has 56 valence electrons. The van der Waals surface area contributed by atoms with Crippen molar-refractivity contribution >= 4 is 0 Å². The van der Waals surface area contributed by atoms with Gasteiger partial charge in [-0.25, -0.2) is 0 Å². The molecule has 0 amide bonds. The molecule has 1 N–H and O–H groups in total. The number of likely N-dealkylation sites (tertiary alicyclic amines) is 1. The lowest BCUT2D eigenvalue weighted by molar-refractivity contribution is 0.426. The van der Waals surface area contributed by atoms with Gasteiger partial charge in [0, 0.05) is 26.2 Å². The van der Waals surface area contributed by atoms with Gasteiger partial charge in [0.25, 0.3) is 0 Å². The Labute approximate surface area is 61.9 Å². The largest absolute Gasteiger partial charge is 0.377 e. The monoisotopic (exact) mass is 138 g/mol. The van der Waals surface area contributed by atoms with Crippen molar-refractivity contribution in [3.05, 3.63) is 12.8 Å². The van der Waals surface area contributed by atoms with Crippen LogP contribution < -0.4 is 5.32 Å². The van der Waals surface area contributed by atoms with Gasteiger partial charge in [0.05, 0.1) is 0 Å². The lowest BCUT2D eigenvalue weighted by Crippen LogP contribution is -2.20. The van der Waals surface area contributed by atoms with Gasteiger partial charge in [-0.1, -0.05) is 6.58 Å². The summed E-state index contributed by atoms with van der Waals surface area (Å²) in [6.07, 6.45) is 1.97. The Morgan fingerprint density at radius 1 is 1.30 bits per heavy atom. The zero-order valence-electron chi connectivity index (χ0n) is 6.21. The highest BCUT2D eigenvalue weighted by molar-refractivity contribution is 4.93. The van der Waals surface area contributed by atoms with Crippen LogP contribution in [0.1, 0.15) is 0 Å². The predicted octanol–water partition coefficient (Wildman–Crippen LogP) is 0.281. The number of hydrogen-bond acceptors (Lipinski definition) is 2. The summed E-state index contributed by atoms with van der Waals surface area (Å²) in [5.74, 6) is 1.80. The van der Waals surface area contributed by atoms with Gasteiger partial charge in [0.15, 0.2) is 0 Å². The minimum Gasteiger partial charge on any atom is -0.377 e. The quantitative estimate of drug-likeness (QED) is 0.560. The lowest BCUT2D eigenvalue weighted by atomic mass is 10.0. The summed E-state index contributed by atoms with van der Waals surface area (Å²) in [6.45, 7) is 8.66. The van der Waals surface area contributed by atoms with Crippen molar-refractivity contribution < 1.29 is 0 Å². The first kappa shape index (κ1) is 6.23. The van der Waals surface area contributed by atoms with E-state index in [0.29, 0.717) is 0 Å². The van der Waals surface area contributed by atoms with E-state index in [1.165, 1.54) is 26.2 Å². The van der Waals surface area contributed by atoms with Crippen LogP contribution in [0.3, 0.4) is 0 Å². The molecule has 0 bridgehead atoms. The maximum atomic E-state index is 3.78. The Kier molecular flexibility index (Phi) is 1.42. The lowest BCUT2D eigenvalue weighted by Gasteiger charge is -2.11. The van der Waals surface area contributed by atoms with Crippen molar-refractivity contribution in [1.82, 2.24) is 10.2 Å². The fraction of sp³-hybridized carbons (Fsp3) is 0.750. The third-order valence-electron chi connectivity index (χ3n) is 2.68. The number of hydrogen-bond donors (Lipinski definition) is 1. The third-order valence-corrected chi connectivity index (χ3v) is 2.68. The summed E-state index contributed by atoms with van der Waals surface area (Å²) in [5.41, 5.74) is 0. The van der Waals surface area contributed by atoms with Gasteiger partial charge in [-0.05, 0) is 18.0 Å². The van der Waals surface area contributed by atoms with Crippen molar-refractivity contribution in [2.75, 3.05) is 26.2 Å². The smallest absolute Gasteiger partial charge is 0.0216 e. The number of fused-ring (bicyclic) bond motifs is 1. The normalized spacial score (nSPS) is 38.2. The average Bonchev–Trinajstić information content (AvgIpc) is 2.42. The van der Waals surface area contributed by atoms with Gasteiger partial charge >= 0.3 is 0 Å². The molecule has 2 saturated heterocycles. The van der Waals surface area contributed by atoms with Crippen molar-refractivity contribution in [2.45, 2.75) is 0 Å². The van der Waals surface area contributed by atoms with Crippen LogP contribution in [0.5, 0.6) is 0 Å². The second kappa shape index (κ2) is 2.27. The second-order valence-corrected chi connectivity index (χ2v) is 3.31. The van der Waals surface area contributed by atoms with Crippen LogP contribution in [0.25, 0.3) is 0 Å². The minimum absolute atomic E-state index is 0.901. The van der Waals surface area contributed by atoms with Crippen LogP contribution in [0.2, 0.25) is 0 Å². The highest BCUT2D eigenvalue weighted by atomic mass is 15.2. The van der Waals surface area contributed by atoms with E-state index in [4.69, 9.17) is 0 Å². The Bertz CT molecular complexity index is 132.